The molecule has 0 unspecified atom stereocenters. The minimum absolute atomic E-state index is 0.296. The van der Waals surface area contributed by atoms with Crippen molar-refractivity contribution in [2.75, 3.05) is 6.54 Å². The SMILES string of the molecule is CC(C)(C)OC(=O)N1CCc2c(Cl)ccnc2C1. The van der Waals surface area contributed by atoms with E-state index in [0.29, 0.717) is 13.1 Å². The molecule has 0 atom stereocenters. The Balaban J connectivity index is 2.11. The third kappa shape index (κ3) is 2.93. The Bertz CT molecular complexity index is 469. The lowest BCUT2D eigenvalue weighted by atomic mass is 10.1. The average molecular weight is 269 g/mol. The number of carbonyl (C=O) groups excluding carboxylic acids is 1. The molecule has 0 radical (unpaired) electrons. The molecular formula is C13H17ClN2O2. The summed E-state index contributed by atoms with van der Waals surface area (Å²) >= 11 is 6.10. The van der Waals surface area contributed by atoms with Gasteiger partial charge in [0.2, 0.25) is 0 Å². The van der Waals surface area contributed by atoms with Crippen molar-refractivity contribution in [2.24, 2.45) is 0 Å². The summed E-state index contributed by atoms with van der Waals surface area (Å²) in [5.74, 6) is 0. The van der Waals surface area contributed by atoms with Crippen LogP contribution in [0.3, 0.4) is 0 Å². The summed E-state index contributed by atoms with van der Waals surface area (Å²) in [4.78, 5) is 17.9. The van der Waals surface area contributed by atoms with E-state index in [-0.39, 0.29) is 6.09 Å². The topological polar surface area (TPSA) is 42.4 Å². The number of aromatic nitrogens is 1. The van der Waals surface area contributed by atoms with Crippen LogP contribution in [0, 0.1) is 0 Å². The molecule has 1 amide bonds. The van der Waals surface area contributed by atoms with Crippen LogP contribution in [-0.4, -0.2) is 28.1 Å². The number of carbonyl (C=O) groups is 1. The first-order valence-corrected chi connectivity index (χ1v) is 6.35. The molecule has 1 aromatic rings. The lowest BCUT2D eigenvalue weighted by Gasteiger charge is -2.30. The zero-order valence-electron chi connectivity index (χ0n) is 10.9. The van der Waals surface area contributed by atoms with Crippen LogP contribution >= 0.6 is 11.6 Å². The van der Waals surface area contributed by atoms with Crippen LogP contribution in [0.15, 0.2) is 12.3 Å². The van der Waals surface area contributed by atoms with Gasteiger partial charge in [0.1, 0.15) is 5.60 Å². The number of halogens is 1. The van der Waals surface area contributed by atoms with E-state index in [0.717, 1.165) is 22.7 Å². The van der Waals surface area contributed by atoms with E-state index < -0.39 is 5.60 Å². The predicted molar refractivity (Wildman–Crippen MR) is 69.6 cm³/mol. The van der Waals surface area contributed by atoms with Crippen molar-refractivity contribution < 1.29 is 9.53 Å². The van der Waals surface area contributed by atoms with Crippen LogP contribution < -0.4 is 0 Å². The third-order valence-corrected chi connectivity index (χ3v) is 3.07. The van der Waals surface area contributed by atoms with Crippen LogP contribution in [0.2, 0.25) is 5.02 Å². The molecule has 18 heavy (non-hydrogen) atoms. The van der Waals surface area contributed by atoms with Crippen LogP contribution in [0.1, 0.15) is 32.0 Å². The molecule has 0 bridgehead atoms. The number of rotatable bonds is 0. The number of ether oxygens (including phenoxy) is 1. The van der Waals surface area contributed by atoms with Gasteiger partial charge >= 0.3 is 6.09 Å². The van der Waals surface area contributed by atoms with Crippen molar-refractivity contribution in [2.45, 2.75) is 39.3 Å². The summed E-state index contributed by atoms with van der Waals surface area (Å²) in [6.45, 7) is 6.66. The number of hydrogen-bond acceptors (Lipinski definition) is 3. The van der Waals surface area contributed by atoms with E-state index in [1.165, 1.54) is 0 Å². The van der Waals surface area contributed by atoms with Gasteiger partial charge in [0.25, 0.3) is 0 Å². The second-order valence-corrected chi connectivity index (χ2v) is 5.78. The molecule has 0 aromatic carbocycles. The summed E-state index contributed by atoms with van der Waals surface area (Å²) in [5.41, 5.74) is 1.43. The predicted octanol–water partition coefficient (Wildman–Crippen LogP) is 3.03. The largest absolute Gasteiger partial charge is 0.444 e. The van der Waals surface area contributed by atoms with Crippen molar-refractivity contribution in [3.8, 4) is 0 Å². The fourth-order valence-electron chi connectivity index (χ4n) is 1.90. The molecule has 0 saturated heterocycles. The molecule has 0 aliphatic carbocycles. The van der Waals surface area contributed by atoms with Crippen molar-refractivity contribution in [1.82, 2.24) is 9.88 Å². The Morgan fingerprint density at radius 1 is 1.50 bits per heavy atom. The highest BCUT2D eigenvalue weighted by molar-refractivity contribution is 6.31. The van der Waals surface area contributed by atoms with Crippen molar-refractivity contribution in [3.63, 3.8) is 0 Å². The average Bonchev–Trinajstić information content (AvgIpc) is 2.26. The lowest BCUT2D eigenvalue weighted by Crippen LogP contribution is -2.40. The molecule has 4 nitrogen and oxygen atoms in total. The number of nitrogens with zero attached hydrogens (tertiary/aromatic N) is 2. The summed E-state index contributed by atoms with van der Waals surface area (Å²) < 4.78 is 5.35. The van der Waals surface area contributed by atoms with E-state index >= 15 is 0 Å². The van der Waals surface area contributed by atoms with Gasteiger partial charge in [0, 0.05) is 17.8 Å². The molecule has 0 fully saturated rings. The van der Waals surface area contributed by atoms with Crippen LogP contribution in [0.5, 0.6) is 0 Å². The van der Waals surface area contributed by atoms with Crippen molar-refractivity contribution in [3.05, 3.63) is 28.5 Å². The molecule has 1 aromatic heterocycles. The normalized spacial score (nSPS) is 15.2. The minimum Gasteiger partial charge on any atom is -0.444 e. The summed E-state index contributed by atoms with van der Waals surface area (Å²) in [6, 6.07) is 1.78. The lowest BCUT2D eigenvalue weighted by molar-refractivity contribution is 0.0221. The Hall–Kier alpha value is -1.29. The number of hydrogen-bond donors (Lipinski definition) is 0. The maximum atomic E-state index is 12.0. The molecule has 0 spiro atoms. The van der Waals surface area contributed by atoms with Gasteiger partial charge in [-0.15, -0.1) is 0 Å². The Kier molecular flexibility index (Phi) is 3.48. The molecule has 2 heterocycles. The number of pyridine rings is 1. The van der Waals surface area contributed by atoms with Crippen LogP contribution in [0.25, 0.3) is 0 Å². The van der Waals surface area contributed by atoms with Gasteiger partial charge in [-0.2, -0.15) is 0 Å². The zero-order chi connectivity index (χ0) is 13.3. The highest BCUT2D eigenvalue weighted by Crippen LogP contribution is 2.25. The van der Waals surface area contributed by atoms with E-state index in [2.05, 4.69) is 4.98 Å². The zero-order valence-corrected chi connectivity index (χ0v) is 11.6. The second-order valence-electron chi connectivity index (χ2n) is 5.37. The van der Waals surface area contributed by atoms with Gasteiger partial charge in [0.15, 0.2) is 0 Å². The first-order chi connectivity index (χ1) is 8.37. The Morgan fingerprint density at radius 3 is 2.89 bits per heavy atom. The minimum atomic E-state index is -0.473. The summed E-state index contributed by atoms with van der Waals surface area (Å²) in [5, 5.41) is 0.726. The highest BCUT2D eigenvalue weighted by Gasteiger charge is 2.26. The molecule has 0 saturated carbocycles. The molecule has 2 rings (SSSR count). The van der Waals surface area contributed by atoms with E-state index in [1.54, 1.807) is 17.2 Å². The molecule has 0 N–H and O–H groups in total. The number of fused-ring (bicyclic) bond motifs is 1. The Labute approximate surface area is 112 Å². The molecule has 1 aliphatic rings. The third-order valence-electron chi connectivity index (χ3n) is 2.71. The molecule has 98 valence electrons. The van der Waals surface area contributed by atoms with Crippen molar-refractivity contribution in [1.29, 1.82) is 0 Å². The smallest absolute Gasteiger partial charge is 0.410 e. The molecule has 5 heteroatoms. The molecule has 1 aliphatic heterocycles. The first kappa shape index (κ1) is 13.1. The maximum absolute atomic E-state index is 12.0. The van der Waals surface area contributed by atoms with E-state index in [9.17, 15) is 4.79 Å². The fourth-order valence-corrected chi connectivity index (χ4v) is 2.16. The van der Waals surface area contributed by atoms with Gasteiger partial charge in [-0.1, -0.05) is 11.6 Å². The fraction of sp³-hybridized carbons (Fsp3) is 0.538. The Morgan fingerprint density at radius 2 is 2.22 bits per heavy atom. The number of amides is 1. The standard InChI is InChI=1S/C13H17ClN2O2/c1-13(2,3)18-12(17)16-7-5-9-10(14)4-6-15-11(9)8-16/h4,6H,5,7-8H2,1-3H3. The quantitative estimate of drug-likeness (QED) is 0.726. The van der Waals surface area contributed by atoms with Gasteiger partial charge in [-0.3, -0.25) is 4.98 Å². The highest BCUT2D eigenvalue weighted by atomic mass is 35.5. The molecular weight excluding hydrogens is 252 g/mol. The summed E-state index contributed by atoms with van der Waals surface area (Å²) in [6.07, 6.45) is 2.09. The monoisotopic (exact) mass is 268 g/mol. The van der Waals surface area contributed by atoms with Gasteiger partial charge in [-0.25, -0.2) is 4.79 Å². The second kappa shape index (κ2) is 4.76. The van der Waals surface area contributed by atoms with E-state index in [4.69, 9.17) is 16.3 Å². The van der Waals surface area contributed by atoms with Crippen LogP contribution in [-0.2, 0) is 17.7 Å². The first-order valence-electron chi connectivity index (χ1n) is 5.97. The van der Waals surface area contributed by atoms with E-state index in [1.807, 2.05) is 20.8 Å². The van der Waals surface area contributed by atoms with Crippen LogP contribution in [0.4, 0.5) is 4.79 Å². The van der Waals surface area contributed by atoms with Crippen molar-refractivity contribution >= 4 is 17.7 Å². The maximum Gasteiger partial charge on any atom is 0.410 e. The summed E-state index contributed by atoms with van der Waals surface area (Å²) in [7, 11) is 0. The van der Waals surface area contributed by atoms with Gasteiger partial charge < -0.3 is 9.64 Å². The van der Waals surface area contributed by atoms with Gasteiger partial charge in [-0.05, 0) is 38.8 Å². The van der Waals surface area contributed by atoms with Gasteiger partial charge in [0.05, 0.1) is 12.2 Å².